The molecule has 0 aliphatic heterocycles. The van der Waals surface area contributed by atoms with Crippen molar-refractivity contribution in [3.63, 3.8) is 0 Å². The number of nitriles is 1. The van der Waals surface area contributed by atoms with Crippen molar-refractivity contribution in [3.05, 3.63) is 42.1 Å². The predicted octanol–water partition coefficient (Wildman–Crippen LogP) is 1.30. The van der Waals surface area contributed by atoms with Crippen molar-refractivity contribution in [2.45, 2.75) is 0 Å². The third-order valence-electron chi connectivity index (χ3n) is 1.50. The van der Waals surface area contributed by atoms with Crippen LogP contribution in [0.15, 0.2) is 36.5 Å². The normalized spacial score (nSPS) is 10.2. The average molecular weight is 172 g/mol. The van der Waals surface area contributed by atoms with Crippen LogP contribution in [0, 0.1) is 11.3 Å². The van der Waals surface area contributed by atoms with Crippen LogP contribution in [0.3, 0.4) is 0 Å². The summed E-state index contributed by atoms with van der Waals surface area (Å²) in [4.78, 5) is 9.99. The molecule has 0 fully saturated rings. The molecule has 0 saturated carbocycles. The van der Waals surface area contributed by atoms with E-state index >= 15 is 0 Å². The standard InChI is InChI=1S/C10H8N2O/c11-6-10(7-12-8-13)9-4-2-1-3-5-9/h1-5,7-8H,(H,12,13)/b10-7-. The predicted molar refractivity (Wildman–Crippen MR) is 49.2 cm³/mol. The number of nitrogens with zero attached hydrogens (tertiary/aromatic N) is 1. The minimum Gasteiger partial charge on any atom is -0.334 e. The summed E-state index contributed by atoms with van der Waals surface area (Å²) in [7, 11) is 0. The monoisotopic (exact) mass is 172 g/mol. The number of hydrogen-bond donors (Lipinski definition) is 1. The minimum atomic E-state index is 0.438. The quantitative estimate of drug-likeness (QED) is 0.551. The van der Waals surface area contributed by atoms with Crippen LogP contribution in [0.5, 0.6) is 0 Å². The summed E-state index contributed by atoms with van der Waals surface area (Å²) >= 11 is 0. The third kappa shape index (κ3) is 2.46. The molecule has 0 aliphatic carbocycles. The van der Waals surface area contributed by atoms with Gasteiger partial charge in [-0.05, 0) is 5.56 Å². The van der Waals surface area contributed by atoms with E-state index in [-0.39, 0.29) is 0 Å². The Hall–Kier alpha value is -2.08. The molecule has 0 aliphatic rings. The Morgan fingerprint density at radius 3 is 2.62 bits per heavy atom. The number of hydrogen-bond acceptors (Lipinski definition) is 2. The lowest BCUT2D eigenvalue weighted by atomic mass is 10.1. The van der Waals surface area contributed by atoms with E-state index in [1.54, 1.807) is 0 Å². The Bertz CT molecular complexity index is 349. The van der Waals surface area contributed by atoms with Crippen LogP contribution in [0.25, 0.3) is 5.57 Å². The number of amides is 1. The number of benzene rings is 1. The topological polar surface area (TPSA) is 52.9 Å². The lowest BCUT2D eigenvalue weighted by Gasteiger charge is -1.96. The summed E-state index contributed by atoms with van der Waals surface area (Å²) in [6.07, 6.45) is 1.91. The van der Waals surface area contributed by atoms with E-state index < -0.39 is 0 Å². The van der Waals surface area contributed by atoms with Crippen LogP contribution in [0.2, 0.25) is 0 Å². The highest BCUT2D eigenvalue weighted by Gasteiger charge is 1.96. The molecule has 1 aromatic carbocycles. The van der Waals surface area contributed by atoms with Gasteiger partial charge in [0.15, 0.2) is 0 Å². The molecular formula is C10H8N2O. The van der Waals surface area contributed by atoms with Gasteiger partial charge in [-0.2, -0.15) is 5.26 Å². The zero-order chi connectivity index (χ0) is 9.52. The molecule has 0 aromatic heterocycles. The van der Waals surface area contributed by atoms with E-state index in [9.17, 15) is 4.79 Å². The first-order chi connectivity index (χ1) is 6.38. The first-order valence-corrected chi connectivity index (χ1v) is 3.74. The van der Waals surface area contributed by atoms with Gasteiger partial charge in [0.2, 0.25) is 6.41 Å². The van der Waals surface area contributed by atoms with Crippen molar-refractivity contribution in [3.8, 4) is 6.07 Å². The first-order valence-electron chi connectivity index (χ1n) is 3.74. The maximum atomic E-state index is 9.99. The van der Waals surface area contributed by atoms with Crippen LogP contribution in [0.4, 0.5) is 0 Å². The molecular weight excluding hydrogens is 164 g/mol. The molecule has 1 amide bonds. The second kappa shape index (κ2) is 4.73. The summed E-state index contributed by atoms with van der Waals surface area (Å²) in [6, 6.07) is 11.1. The van der Waals surface area contributed by atoms with E-state index in [0.717, 1.165) is 5.56 Å². The van der Waals surface area contributed by atoms with Crippen LogP contribution in [0.1, 0.15) is 5.56 Å². The maximum absolute atomic E-state index is 9.99. The van der Waals surface area contributed by atoms with E-state index in [4.69, 9.17) is 5.26 Å². The minimum absolute atomic E-state index is 0.438. The zero-order valence-electron chi connectivity index (χ0n) is 6.90. The molecule has 0 atom stereocenters. The Balaban J connectivity index is 2.93. The van der Waals surface area contributed by atoms with Gasteiger partial charge in [-0.1, -0.05) is 30.3 Å². The fourth-order valence-electron chi connectivity index (χ4n) is 0.915. The van der Waals surface area contributed by atoms with Gasteiger partial charge in [-0.3, -0.25) is 4.79 Å². The SMILES string of the molecule is N#C/C(=C/NC=O)c1ccccc1. The van der Waals surface area contributed by atoms with Gasteiger partial charge in [0, 0.05) is 6.20 Å². The number of rotatable bonds is 3. The lowest BCUT2D eigenvalue weighted by molar-refractivity contribution is -0.108. The second-order valence-electron chi connectivity index (χ2n) is 2.32. The Morgan fingerprint density at radius 1 is 1.38 bits per heavy atom. The van der Waals surface area contributed by atoms with Crippen molar-refractivity contribution < 1.29 is 4.79 Å². The van der Waals surface area contributed by atoms with E-state index in [0.29, 0.717) is 12.0 Å². The molecule has 64 valence electrons. The van der Waals surface area contributed by atoms with Gasteiger partial charge in [-0.15, -0.1) is 0 Å². The fourth-order valence-corrected chi connectivity index (χ4v) is 0.915. The van der Waals surface area contributed by atoms with Crippen LogP contribution in [-0.4, -0.2) is 6.41 Å². The van der Waals surface area contributed by atoms with Gasteiger partial charge in [-0.25, -0.2) is 0 Å². The summed E-state index contributed by atoms with van der Waals surface area (Å²) in [5.74, 6) is 0. The molecule has 0 heterocycles. The Kier molecular flexibility index (Phi) is 3.28. The lowest BCUT2D eigenvalue weighted by Crippen LogP contribution is -2.00. The van der Waals surface area contributed by atoms with Crippen molar-refractivity contribution in [2.24, 2.45) is 0 Å². The van der Waals surface area contributed by atoms with Gasteiger partial charge >= 0.3 is 0 Å². The molecule has 13 heavy (non-hydrogen) atoms. The first kappa shape index (κ1) is 9.01. The van der Waals surface area contributed by atoms with Crippen molar-refractivity contribution >= 4 is 12.0 Å². The molecule has 1 N–H and O–H groups in total. The van der Waals surface area contributed by atoms with Gasteiger partial charge in [0.05, 0.1) is 5.57 Å². The van der Waals surface area contributed by atoms with Crippen LogP contribution >= 0.6 is 0 Å². The van der Waals surface area contributed by atoms with Gasteiger partial charge < -0.3 is 5.32 Å². The number of carbonyl (C=O) groups is 1. The highest BCUT2D eigenvalue weighted by molar-refractivity contribution is 5.77. The van der Waals surface area contributed by atoms with E-state index in [1.807, 2.05) is 36.4 Å². The van der Waals surface area contributed by atoms with Crippen LogP contribution < -0.4 is 5.32 Å². The van der Waals surface area contributed by atoms with E-state index in [2.05, 4.69) is 5.32 Å². The number of allylic oxidation sites excluding steroid dienone is 1. The molecule has 0 radical (unpaired) electrons. The average Bonchev–Trinajstić information content (AvgIpc) is 2.21. The molecule has 0 unspecified atom stereocenters. The fraction of sp³-hybridized carbons (Fsp3) is 0. The Morgan fingerprint density at radius 2 is 2.08 bits per heavy atom. The van der Waals surface area contributed by atoms with Crippen molar-refractivity contribution in [1.82, 2.24) is 5.32 Å². The molecule has 1 rings (SSSR count). The number of carbonyl (C=O) groups excluding carboxylic acids is 1. The van der Waals surface area contributed by atoms with Gasteiger partial charge in [0.1, 0.15) is 6.07 Å². The second-order valence-corrected chi connectivity index (χ2v) is 2.32. The zero-order valence-corrected chi connectivity index (χ0v) is 6.90. The molecule has 3 nitrogen and oxygen atoms in total. The molecule has 0 saturated heterocycles. The smallest absolute Gasteiger partial charge is 0.211 e. The number of nitrogens with one attached hydrogen (secondary N) is 1. The Labute approximate surface area is 76.3 Å². The maximum Gasteiger partial charge on any atom is 0.211 e. The van der Waals surface area contributed by atoms with Crippen molar-refractivity contribution in [2.75, 3.05) is 0 Å². The molecule has 0 spiro atoms. The molecule has 1 aromatic rings. The summed E-state index contributed by atoms with van der Waals surface area (Å²) in [5, 5.41) is 11.1. The highest BCUT2D eigenvalue weighted by atomic mass is 16.1. The molecule has 3 heteroatoms. The third-order valence-corrected chi connectivity index (χ3v) is 1.50. The van der Waals surface area contributed by atoms with Gasteiger partial charge in [0.25, 0.3) is 0 Å². The van der Waals surface area contributed by atoms with Crippen LogP contribution in [-0.2, 0) is 4.79 Å². The van der Waals surface area contributed by atoms with E-state index in [1.165, 1.54) is 6.20 Å². The molecule has 0 bridgehead atoms. The summed E-state index contributed by atoms with van der Waals surface area (Å²) < 4.78 is 0. The highest BCUT2D eigenvalue weighted by Crippen LogP contribution is 2.10. The van der Waals surface area contributed by atoms with Crippen molar-refractivity contribution in [1.29, 1.82) is 5.26 Å². The summed E-state index contributed by atoms with van der Waals surface area (Å²) in [5.41, 5.74) is 1.23. The summed E-state index contributed by atoms with van der Waals surface area (Å²) in [6.45, 7) is 0. The largest absolute Gasteiger partial charge is 0.334 e.